The molecule has 98 valence electrons. The molecule has 18 heavy (non-hydrogen) atoms. The van der Waals surface area contributed by atoms with E-state index in [-0.39, 0.29) is 5.91 Å². The molecule has 1 N–H and O–H groups in total. The third kappa shape index (κ3) is 2.54. The highest BCUT2D eigenvalue weighted by Gasteiger charge is 2.32. The van der Waals surface area contributed by atoms with Gasteiger partial charge >= 0.3 is 0 Å². The first-order valence-electron chi connectivity index (χ1n) is 6.83. The van der Waals surface area contributed by atoms with Gasteiger partial charge in [0.1, 0.15) is 0 Å². The molecule has 0 atom stereocenters. The second-order valence-corrected chi connectivity index (χ2v) is 5.51. The van der Waals surface area contributed by atoms with Crippen LogP contribution in [0.3, 0.4) is 0 Å². The Hall–Kier alpha value is -1.39. The molecule has 0 unspecified atom stereocenters. The summed E-state index contributed by atoms with van der Waals surface area (Å²) in [5.41, 5.74) is 0. The molecule has 5 heteroatoms. The molecule has 3 rings (SSSR count). The molecule has 1 aromatic heterocycles. The van der Waals surface area contributed by atoms with E-state index in [4.69, 9.17) is 4.52 Å². The van der Waals surface area contributed by atoms with E-state index in [9.17, 15) is 4.79 Å². The van der Waals surface area contributed by atoms with Crippen molar-refractivity contribution < 1.29 is 9.32 Å². The Labute approximate surface area is 106 Å². The fourth-order valence-electron chi connectivity index (χ4n) is 2.63. The Morgan fingerprint density at radius 1 is 1.22 bits per heavy atom. The monoisotopic (exact) mass is 249 g/mol. The van der Waals surface area contributed by atoms with Crippen molar-refractivity contribution in [3.8, 4) is 0 Å². The summed E-state index contributed by atoms with van der Waals surface area (Å²) in [4.78, 5) is 16.0. The van der Waals surface area contributed by atoms with Crippen LogP contribution in [0, 0.1) is 12.8 Å². The van der Waals surface area contributed by atoms with Crippen molar-refractivity contribution in [1.29, 1.82) is 0 Å². The zero-order valence-electron chi connectivity index (χ0n) is 10.7. The maximum Gasteiger partial charge on any atom is 0.229 e. The highest BCUT2D eigenvalue weighted by atomic mass is 16.5. The summed E-state index contributed by atoms with van der Waals surface area (Å²) in [7, 11) is 0. The molecule has 2 aliphatic carbocycles. The van der Waals surface area contributed by atoms with E-state index >= 15 is 0 Å². The summed E-state index contributed by atoms with van der Waals surface area (Å²) in [6, 6.07) is 0.346. The minimum Gasteiger partial charge on any atom is -0.353 e. The van der Waals surface area contributed by atoms with Gasteiger partial charge in [-0.05, 0) is 45.4 Å². The lowest BCUT2D eigenvalue weighted by molar-refractivity contribution is -0.123. The molecule has 1 aromatic rings. The summed E-state index contributed by atoms with van der Waals surface area (Å²) >= 11 is 0. The number of rotatable bonds is 3. The van der Waals surface area contributed by atoms with E-state index in [1.165, 1.54) is 0 Å². The van der Waals surface area contributed by atoms with E-state index in [2.05, 4.69) is 15.5 Å². The molecule has 2 saturated carbocycles. The van der Waals surface area contributed by atoms with Gasteiger partial charge in [-0.25, -0.2) is 0 Å². The number of aromatic nitrogens is 2. The molecule has 5 nitrogen and oxygen atoms in total. The van der Waals surface area contributed by atoms with E-state index in [1.54, 1.807) is 0 Å². The molecule has 0 radical (unpaired) electrons. The molecular weight excluding hydrogens is 230 g/mol. The van der Waals surface area contributed by atoms with Crippen molar-refractivity contribution in [2.24, 2.45) is 5.92 Å². The summed E-state index contributed by atoms with van der Waals surface area (Å²) < 4.78 is 5.22. The summed E-state index contributed by atoms with van der Waals surface area (Å²) in [5.74, 6) is 2.40. The Morgan fingerprint density at radius 2 is 1.94 bits per heavy atom. The van der Waals surface area contributed by atoms with Gasteiger partial charge < -0.3 is 9.84 Å². The SMILES string of the molecule is Cc1noc(C2CCC(NC(=O)C3CC3)CC2)n1. The van der Waals surface area contributed by atoms with Crippen LogP contribution in [0.15, 0.2) is 4.52 Å². The molecular formula is C13H19N3O2. The van der Waals surface area contributed by atoms with Gasteiger partial charge in [0.15, 0.2) is 5.82 Å². The van der Waals surface area contributed by atoms with Crippen LogP contribution < -0.4 is 5.32 Å². The lowest BCUT2D eigenvalue weighted by atomic mass is 9.86. The van der Waals surface area contributed by atoms with E-state index in [0.29, 0.717) is 23.7 Å². The summed E-state index contributed by atoms with van der Waals surface area (Å²) in [6.45, 7) is 1.84. The van der Waals surface area contributed by atoms with Crippen LogP contribution in [-0.4, -0.2) is 22.1 Å². The van der Waals surface area contributed by atoms with Gasteiger partial charge in [0.25, 0.3) is 0 Å². The quantitative estimate of drug-likeness (QED) is 0.888. The average molecular weight is 249 g/mol. The summed E-state index contributed by atoms with van der Waals surface area (Å²) in [6.07, 6.45) is 6.23. The molecule has 0 aliphatic heterocycles. The third-order valence-corrected chi connectivity index (χ3v) is 3.91. The predicted octanol–water partition coefficient (Wildman–Crippen LogP) is 1.93. The fraction of sp³-hybridized carbons (Fsp3) is 0.769. The standard InChI is InChI=1S/C13H19N3O2/c1-8-14-13(18-16-8)10-4-6-11(7-5-10)15-12(17)9-2-3-9/h9-11H,2-7H2,1H3,(H,15,17). The number of aryl methyl sites for hydroxylation is 1. The Morgan fingerprint density at radius 3 is 2.50 bits per heavy atom. The van der Waals surface area contributed by atoms with Crippen molar-refractivity contribution >= 4 is 5.91 Å². The van der Waals surface area contributed by atoms with Crippen LogP contribution in [0.4, 0.5) is 0 Å². The number of hydrogen-bond donors (Lipinski definition) is 1. The van der Waals surface area contributed by atoms with E-state index in [0.717, 1.165) is 44.4 Å². The number of carbonyl (C=O) groups excluding carboxylic acids is 1. The third-order valence-electron chi connectivity index (χ3n) is 3.91. The molecule has 0 aromatic carbocycles. The lowest BCUT2D eigenvalue weighted by Gasteiger charge is -2.27. The van der Waals surface area contributed by atoms with Crippen molar-refractivity contribution in [3.05, 3.63) is 11.7 Å². The van der Waals surface area contributed by atoms with Gasteiger partial charge in [0.2, 0.25) is 11.8 Å². The highest BCUT2D eigenvalue weighted by molar-refractivity contribution is 5.81. The van der Waals surface area contributed by atoms with Crippen molar-refractivity contribution in [1.82, 2.24) is 15.5 Å². The smallest absolute Gasteiger partial charge is 0.229 e. The number of carbonyl (C=O) groups is 1. The molecule has 1 heterocycles. The number of nitrogens with zero attached hydrogens (tertiary/aromatic N) is 2. The van der Waals surface area contributed by atoms with E-state index < -0.39 is 0 Å². The summed E-state index contributed by atoms with van der Waals surface area (Å²) in [5, 5.41) is 6.99. The van der Waals surface area contributed by atoms with E-state index in [1.807, 2.05) is 6.92 Å². The second kappa shape index (κ2) is 4.71. The van der Waals surface area contributed by atoms with Crippen LogP contribution in [0.5, 0.6) is 0 Å². The number of amides is 1. The maximum absolute atomic E-state index is 11.7. The van der Waals surface area contributed by atoms with Crippen LogP contribution in [-0.2, 0) is 4.79 Å². The van der Waals surface area contributed by atoms with Gasteiger partial charge in [-0.3, -0.25) is 4.79 Å². The van der Waals surface area contributed by atoms with Crippen LogP contribution in [0.25, 0.3) is 0 Å². The zero-order chi connectivity index (χ0) is 12.5. The van der Waals surface area contributed by atoms with Gasteiger partial charge in [-0.15, -0.1) is 0 Å². The van der Waals surface area contributed by atoms with Gasteiger partial charge in [0, 0.05) is 17.9 Å². The van der Waals surface area contributed by atoms with Crippen molar-refractivity contribution in [3.63, 3.8) is 0 Å². The Balaban J connectivity index is 1.50. The average Bonchev–Trinajstić information content (AvgIpc) is 3.13. The van der Waals surface area contributed by atoms with Gasteiger partial charge in [-0.1, -0.05) is 5.16 Å². The Bertz CT molecular complexity index is 431. The molecule has 0 saturated heterocycles. The topological polar surface area (TPSA) is 68.0 Å². The molecule has 2 aliphatic rings. The normalized spacial score (nSPS) is 28.1. The number of nitrogens with one attached hydrogen (secondary N) is 1. The largest absolute Gasteiger partial charge is 0.353 e. The predicted molar refractivity (Wildman–Crippen MR) is 64.9 cm³/mol. The second-order valence-electron chi connectivity index (χ2n) is 5.51. The minimum absolute atomic E-state index is 0.257. The molecule has 2 fully saturated rings. The fourth-order valence-corrected chi connectivity index (χ4v) is 2.63. The number of hydrogen-bond acceptors (Lipinski definition) is 4. The van der Waals surface area contributed by atoms with Crippen molar-refractivity contribution in [2.45, 2.75) is 57.4 Å². The lowest BCUT2D eigenvalue weighted by Crippen LogP contribution is -2.38. The highest BCUT2D eigenvalue weighted by Crippen LogP contribution is 2.33. The molecule has 0 spiro atoms. The molecule has 1 amide bonds. The van der Waals surface area contributed by atoms with Crippen LogP contribution >= 0.6 is 0 Å². The first-order chi connectivity index (χ1) is 8.72. The Kier molecular flexibility index (Phi) is 3.06. The van der Waals surface area contributed by atoms with Gasteiger partial charge in [-0.2, -0.15) is 4.98 Å². The first-order valence-corrected chi connectivity index (χ1v) is 6.83. The van der Waals surface area contributed by atoms with Crippen LogP contribution in [0.2, 0.25) is 0 Å². The van der Waals surface area contributed by atoms with Gasteiger partial charge in [0.05, 0.1) is 0 Å². The van der Waals surface area contributed by atoms with Crippen molar-refractivity contribution in [2.75, 3.05) is 0 Å². The molecule has 0 bridgehead atoms. The zero-order valence-corrected chi connectivity index (χ0v) is 10.7. The first kappa shape index (κ1) is 11.7. The van der Waals surface area contributed by atoms with Crippen LogP contribution in [0.1, 0.15) is 56.2 Å². The maximum atomic E-state index is 11.7. The minimum atomic E-state index is 0.257.